The second-order valence-corrected chi connectivity index (χ2v) is 10.9. The molecule has 2 heterocycles. The number of carbonyl (C=O) groups is 2. The summed E-state index contributed by atoms with van der Waals surface area (Å²) in [4.78, 5) is 26.5. The van der Waals surface area contributed by atoms with Crippen LogP contribution in [-0.2, 0) is 26.0 Å². The van der Waals surface area contributed by atoms with Crippen molar-refractivity contribution in [1.29, 1.82) is 0 Å². The Morgan fingerprint density at radius 1 is 1.18 bits per heavy atom. The first kappa shape index (κ1) is 23.7. The molecule has 2 amide bonds. The lowest BCUT2D eigenvalue weighted by molar-refractivity contribution is -0.121. The number of benzene rings is 2. The number of sulfonamides is 1. The van der Waals surface area contributed by atoms with Crippen LogP contribution in [0.15, 0.2) is 41.3 Å². The van der Waals surface area contributed by atoms with Crippen molar-refractivity contribution >= 4 is 44.8 Å². The summed E-state index contributed by atoms with van der Waals surface area (Å²) in [5, 5.41) is 2.59. The predicted octanol–water partition coefficient (Wildman–Crippen LogP) is 3.82. The Hall–Kier alpha value is -2.49. The number of hydrogen-bond acceptors (Lipinski definition) is 4. The number of nitrogens with one attached hydrogen (secondary N) is 1. The Balaban J connectivity index is 1.51. The molecule has 1 saturated heterocycles. The van der Waals surface area contributed by atoms with Gasteiger partial charge >= 0.3 is 0 Å². The van der Waals surface area contributed by atoms with Crippen LogP contribution in [0.25, 0.3) is 0 Å². The molecular formula is C23H25ClFN3O4S. The summed E-state index contributed by atoms with van der Waals surface area (Å²) in [7, 11) is -3.81. The first-order valence-corrected chi connectivity index (χ1v) is 12.6. The normalized spacial score (nSPS) is 21.0. The quantitative estimate of drug-likeness (QED) is 0.701. The van der Waals surface area contributed by atoms with Gasteiger partial charge in [-0.25, -0.2) is 12.8 Å². The van der Waals surface area contributed by atoms with E-state index in [0.29, 0.717) is 31.5 Å². The van der Waals surface area contributed by atoms with E-state index >= 15 is 0 Å². The molecule has 0 aliphatic carbocycles. The van der Waals surface area contributed by atoms with Crippen LogP contribution in [0, 0.1) is 11.7 Å². The van der Waals surface area contributed by atoms with Gasteiger partial charge in [0.05, 0.1) is 15.8 Å². The van der Waals surface area contributed by atoms with Gasteiger partial charge in [-0.05, 0) is 68.1 Å². The molecule has 0 aromatic heterocycles. The van der Waals surface area contributed by atoms with Crippen molar-refractivity contribution in [2.24, 2.45) is 5.92 Å². The van der Waals surface area contributed by atoms with E-state index in [1.54, 1.807) is 17.0 Å². The third-order valence-corrected chi connectivity index (χ3v) is 8.34. The van der Waals surface area contributed by atoms with Gasteiger partial charge in [-0.15, -0.1) is 0 Å². The van der Waals surface area contributed by atoms with Crippen LogP contribution < -0.4 is 10.2 Å². The van der Waals surface area contributed by atoms with Gasteiger partial charge < -0.3 is 10.2 Å². The molecule has 2 aromatic rings. The van der Waals surface area contributed by atoms with Crippen molar-refractivity contribution < 1.29 is 22.4 Å². The first-order chi connectivity index (χ1) is 15.6. The highest BCUT2D eigenvalue weighted by Crippen LogP contribution is 2.35. The summed E-state index contributed by atoms with van der Waals surface area (Å²) in [6.45, 7) is 3.80. The van der Waals surface area contributed by atoms with Gasteiger partial charge in [-0.1, -0.05) is 11.6 Å². The van der Waals surface area contributed by atoms with Gasteiger partial charge in [-0.2, -0.15) is 4.31 Å². The molecule has 2 aliphatic heterocycles. The van der Waals surface area contributed by atoms with Gasteiger partial charge in [0.2, 0.25) is 21.8 Å². The molecule has 1 fully saturated rings. The highest BCUT2D eigenvalue weighted by molar-refractivity contribution is 7.89. The lowest BCUT2D eigenvalue weighted by atomic mass is 9.99. The smallest absolute Gasteiger partial charge is 0.243 e. The van der Waals surface area contributed by atoms with E-state index in [0.717, 1.165) is 17.3 Å². The van der Waals surface area contributed by atoms with Crippen LogP contribution in [0.1, 0.15) is 32.3 Å². The number of anilines is 2. The minimum Gasteiger partial charge on any atom is -0.326 e. The number of fused-ring (bicyclic) bond motifs is 1. The van der Waals surface area contributed by atoms with Crippen molar-refractivity contribution in [3.63, 3.8) is 0 Å². The van der Waals surface area contributed by atoms with Crippen LogP contribution in [0.2, 0.25) is 5.02 Å². The average Bonchev–Trinajstić information content (AvgIpc) is 3.11. The van der Waals surface area contributed by atoms with E-state index in [-0.39, 0.29) is 34.3 Å². The second-order valence-electron chi connectivity index (χ2n) is 8.55. The molecule has 2 atom stereocenters. The van der Waals surface area contributed by atoms with Crippen molar-refractivity contribution in [1.82, 2.24) is 4.31 Å². The van der Waals surface area contributed by atoms with E-state index < -0.39 is 21.8 Å². The molecule has 0 unspecified atom stereocenters. The number of hydrogen-bond donors (Lipinski definition) is 1. The maximum absolute atomic E-state index is 13.4. The highest BCUT2D eigenvalue weighted by atomic mass is 35.5. The van der Waals surface area contributed by atoms with E-state index in [9.17, 15) is 22.4 Å². The molecular weight excluding hydrogens is 469 g/mol. The summed E-state index contributed by atoms with van der Waals surface area (Å²) in [5.74, 6) is -1.54. The average molecular weight is 494 g/mol. The molecule has 1 N–H and O–H groups in total. The SMILES string of the molecule is CC(=O)N1c2ccc(S(=O)(=O)N3CCC[C@@H](C(=O)Nc4ccc(F)c(Cl)c4)C3)cc2C[C@H]1C. The number of nitrogens with zero attached hydrogens (tertiary/aromatic N) is 2. The van der Waals surface area contributed by atoms with Crippen LogP contribution >= 0.6 is 11.6 Å². The topological polar surface area (TPSA) is 86.8 Å². The second kappa shape index (κ2) is 9.04. The Labute approximate surface area is 197 Å². The van der Waals surface area contributed by atoms with Gasteiger partial charge in [-0.3, -0.25) is 9.59 Å². The molecule has 7 nitrogen and oxygen atoms in total. The molecule has 0 bridgehead atoms. The summed E-state index contributed by atoms with van der Waals surface area (Å²) < 4.78 is 41.4. The van der Waals surface area contributed by atoms with Crippen LogP contribution in [0.5, 0.6) is 0 Å². The van der Waals surface area contributed by atoms with E-state index in [1.165, 1.54) is 29.4 Å². The van der Waals surface area contributed by atoms with Gasteiger partial charge in [0, 0.05) is 37.4 Å². The molecule has 0 spiro atoms. The predicted molar refractivity (Wildman–Crippen MR) is 124 cm³/mol. The van der Waals surface area contributed by atoms with Crippen molar-refractivity contribution in [2.45, 2.75) is 44.0 Å². The number of rotatable bonds is 4. The van der Waals surface area contributed by atoms with Crippen LogP contribution in [0.4, 0.5) is 15.8 Å². The number of carbonyl (C=O) groups excluding carboxylic acids is 2. The molecule has 10 heteroatoms. The van der Waals surface area contributed by atoms with Crippen LogP contribution in [0.3, 0.4) is 0 Å². The first-order valence-electron chi connectivity index (χ1n) is 10.8. The number of amides is 2. The zero-order valence-electron chi connectivity index (χ0n) is 18.3. The molecule has 2 aliphatic rings. The van der Waals surface area contributed by atoms with Gasteiger partial charge in [0.15, 0.2) is 0 Å². The van der Waals surface area contributed by atoms with E-state index in [4.69, 9.17) is 11.6 Å². The highest BCUT2D eigenvalue weighted by Gasteiger charge is 2.35. The fraction of sp³-hybridized carbons (Fsp3) is 0.391. The monoisotopic (exact) mass is 493 g/mol. The molecule has 2 aromatic carbocycles. The lowest BCUT2D eigenvalue weighted by Gasteiger charge is -2.31. The fourth-order valence-corrected chi connectivity index (χ4v) is 6.35. The maximum Gasteiger partial charge on any atom is 0.243 e. The zero-order valence-corrected chi connectivity index (χ0v) is 19.9. The molecule has 0 saturated carbocycles. The third kappa shape index (κ3) is 4.62. The Kier molecular flexibility index (Phi) is 6.48. The van der Waals surface area contributed by atoms with Crippen molar-refractivity contribution in [3.8, 4) is 0 Å². The largest absolute Gasteiger partial charge is 0.326 e. The molecule has 176 valence electrons. The number of halogens is 2. The number of piperidine rings is 1. The van der Waals surface area contributed by atoms with Crippen molar-refractivity contribution in [3.05, 3.63) is 52.8 Å². The standard InChI is InChI=1S/C23H25ClFN3O4S/c1-14-10-17-11-19(6-8-22(17)28(14)15(2)29)33(31,32)27-9-3-4-16(13-27)23(30)26-18-5-7-21(25)20(24)12-18/h5-8,11-12,14,16H,3-4,9-10,13H2,1-2H3,(H,26,30)/t14-,16-/m1/s1. The fourth-order valence-electron chi connectivity index (χ4n) is 4.59. The Morgan fingerprint density at radius 3 is 2.64 bits per heavy atom. The van der Waals surface area contributed by atoms with Crippen LogP contribution in [-0.4, -0.2) is 43.7 Å². The Bertz CT molecular complexity index is 1220. The van der Waals surface area contributed by atoms with E-state index in [2.05, 4.69) is 5.32 Å². The minimum absolute atomic E-state index is 0.0292. The summed E-state index contributed by atoms with van der Waals surface area (Å²) in [5.41, 5.74) is 1.91. The minimum atomic E-state index is -3.81. The third-order valence-electron chi connectivity index (χ3n) is 6.19. The molecule has 4 rings (SSSR count). The molecule has 33 heavy (non-hydrogen) atoms. The summed E-state index contributed by atoms with van der Waals surface area (Å²) >= 11 is 5.77. The summed E-state index contributed by atoms with van der Waals surface area (Å²) in [6.07, 6.45) is 1.67. The maximum atomic E-state index is 13.4. The summed E-state index contributed by atoms with van der Waals surface area (Å²) in [6, 6.07) is 8.70. The Morgan fingerprint density at radius 2 is 1.94 bits per heavy atom. The van der Waals surface area contributed by atoms with E-state index in [1.807, 2.05) is 6.92 Å². The van der Waals surface area contributed by atoms with Gasteiger partial charge in [0.1, 0.15) is 5.82 Å². The lowest BCUT2D eigenvalue weighted by Crippen LogP contribution is -2.43. The zero-order chi connectivity index (χ0) is 23.9. The van der Waals surface area contributed by atoms with Crippen molar-refractivity contribution in [2.75, 3.05) is 23.3 Å². The van der Waals surface area contributed by atoms with Gasteiger partial charge in [0.25, 0.3) is 0 Å². The molecule has 0 radical (unpaired) electrons.